The van der Waals surface area contributed by atoms with Gasteiger partial charge in [0.05, 0.1) is 12.7 Å². The van der Waals surface area contributed by atoms with Gasteiger partial charge in [-0.3, -0.25) is 4.79 Å². The van der Waals surface area contributed by atoms with Crippen LogP contribution in [0.25, 0.3) is 0 Å². The Labute approximate surface area is 118 Å². The molecule has 0 radical (unpaired) electrons. The summed E-state index contributed by atoms with van der Waals surface area (Å²) >= 11 is 0. The fourth-order valence-electron chi connectivity index (χ4n) is 3.59. The van der Waals surface area contributed by atoms with E-state index in [2.05, 4.69) is 27.7 Å². The number of ether oxygens (including phenoxy) is 2. The molecule has 2 heterocycles. The van der Waals surface area contributed by atoms with E-state index in [0.717, 1.165) is 19.0 Å². The third-order valence-electron chi connectivity index (χ3n) is 4.17. The van der Waals surface area contributed by atoms with Gasteiger partial charge in [-0.25, -0.2) is 0 Å². The summed E-state index contributed by atoms with van der Waals surface area (Å²) in [6, 6.07) is 0. The Morgan fingerprint density at radius 1 is 1.11 bits per heavy atom. The quantitative estimate of drug-likeness (QED) is 0.728. The number of ketones is 1. The highest BCUT2D eigenvalue weighted by molar-refractivity contribution is 7.61. The average Bonchev–Trinajstić information content (AvgIpc) is 2.50. The normalized spacial score (nSPS) is 33.6. The highest BCUT2D eigenvalue weighted by Crippen LogP contribution is 2.65. The first-order valence-electron chi connectivity index (χ1n) is 7.13. The lowest BCUT2D eigenvalue weighted by atomic mass is 9.96. The summed E-state index contributed by atoms with van der Waals surface area (Å²) in [6.07, 6.45) is 2.68. The van der Waals surface area contributed by atoms with Crippen LogP contribution in [0.3, 0.4) is 0 Å². The van der Waals surface area contributed by atoms with Gasteiger partial charge < -0.3 is 9.47 Å². The Hall–Kier alpha value is 0.0200. The summed E-state index contributed by atoms with van der Waals surface area (Å²) in [5.74, 6) is -0.0300. The first-order valence-corrected chi connectivity index (χ1v) is 8.66. The monoisotopic (exact) mass is 286 g/mol. The van der Waals surface area contributed by atoms with Crippen molar-refractivity contribution < 1.29 is 14.3 Å². The second kappa shape index (κ2) is 4.79. The van der Waals surface area contributed by atoms with E-state index in [1.54, 1.807) is 0 Å². The number of hydrogen-bond acceptors (Lipinski definition) is 3. The van der Waals surface area contributed by atoms with E-state index in [4.69, 9.17) is 9.47 Å². The van der Waals surface area contributed by atoms with E-state index in [9.17, 15) is 4.79 Å². The SMILES string of the molecule is CC1(C)OCC(CP2C(C)(C)CC(=O)CC2(C)C)O1. The van der Waals surface area contributed by atoms with Crippen molar-refractivity contribution in [3.63, 3.8) is 0 Å². The lowest BCUT2D eigenvalue weighted by Gasteiger charge is -2.49. The van der Waals surface area contributed by atoms with Gasteiger partial charge in [-0.2, -0.15) is 0 Å². The molecule has 0 saturated carbocycles. The van der Waals surface area contributed by atoms with Gasteiger partial charge in [0, 0.05) is 12.8 Å². The molecule has 2 rings (SSSR count). The predicted octanol–water partition coefficient (Wildman–Crippen LogP) is 3.54. The smallest absolute Gasteiger partial charge is 0.163 e. The van der Waals surface area contributed by atoms with Crippen molar-refractivity contribution in [1.82, 2.24) is 0 Å². The Morgan fingerprint density at radius 3 is 2.05 bits per heavy atom. The van der Waals surface area contributed by atoms with Gasteiger partial charge in [0.1, 0.15) is 5.78 Å². The number of Topliss-reactive ketones (excluding diaryl/α,β-unsaturated/α-hetero) is 1. The summed E-state index contributed by atoms with van der Waals surface area (Å²) in [7, 11) is -0.263. The van der Waals surface area contributed by atoms with Crippen LogP contribution in [-0.4, -0.2) is 40.8 Å². The molecule has 2 aliphatic rings. The molecular formula is C15H27O3P. The molecule has 0 aliphatic carbocycles. The summed E-state index contributed by atoms with van der Waals surface area (Å²) in [5, 5.41) is 0.231. The molecular weight excluding hydrogens is 259 g/mol. The topological polar surface area (TPSA) is 35.5 Å². The predicted molar refractivity (Wildman–Crippen MR) is 79.1 cm³/mol. The lowest BCUT2D eigenvalue weighted by molar-refractivity contribution is -0.135. The van der Waals surface area contributed by atoms with E-state index in [1.807, 2.05) is 13.8 Å². The molecule has 3 nitrogen and oxygen atoms in total. The molecule has 0 N–H and O–H groups in total. The van der Waals surface area contributed by atoms with Gasteiger partial charge in [-0.05, 0) is 30.3 Å². The molecule has 110 valence electrons. The van der Waals surface area contributed by atoms with Crippen LogP contribution in [0.15, 0.2) is 0 Å². The van der Waals surface area contributed by atoms with Crippen LogP contribution in [0, 0.1) is 0 Å². The van der Waals surface area contributed by atoms with Crippen molar-refractivity contribution in [2.24, 2.45) is 0 Å². The molecule has 0 aromatic rings. The van der Waals surface area contributed by atoms with Gasteiger partial charge in [-0.1, -0.05) is 35.6 Å². The van der Waals surface area contributed by atoms with E-state index in [-0.39, 0.29) is 24.3 Å². The largest absolute Gasteiger partial charge is 0.348 e. The van der Waals surface area contributed by atoms with E-state index >= 15 is 0 Å². The Bertz CT molecular complexity index is 354. The highest BCUT2D eigenvalue weighted by atomic mass is 31.1. The Morgan fingerprint density at radius 2 is 1.63 bits per heavy atom. The maximum atomic E-state index is 11.9. The third-order valence-corrected chi connectivity index (χ3v) is 8.19. The van der Waals surface area contributed by atoms with Gasteiger partial charge in [0.2, 0.25) is 0 Å². The zero-order chi connectivity index (χ0) is 14.5. The van der Waals surface area contributed by atoms with E-state index in [0.29, 0.717) is 12.4 Å². The van der Waals surface area contributed by atoms with Crippen LogP contribution in [0.5, 0.6) is 0 Å². The minimum atomic E-state index is -0.445. The van der Waals surface area contributed by atoms with Crippen molar-refractivity contribution in [2.75, 3.05) is 12.8 Å². The van der Waals surface area contributed by atoms with Crippen molar-refractivity contribution in [2.45, 2.75) is 76.6 Å². The fraction of sp³-hybridized carbons (Fsp3) is 0.933. The second-order valence-corrected chi connectivity index (χ2v) is 11.2. The molecule has 0 bridgehead atoms. The van der Waals surface area contributed by atoms with Crippen molar-refractivity contribution in [1.29, 1.82) is 0 Å². The van der Waals surface area contributed by atoms with Crippen LogP contribution in [-0.2, 0) is 14.3 Å². The van der Waals surface area contributed by atoms with Crippen molar-refractivity contribution in [3.05, 3.63) is 0 Å². The second-order valence-electron chi connectivity index (χ2n) is 7.58. The highest BCUT2D eigenvalue weighted by Gasteiger charge is 2.48. The third kappa shape index (κ3) is 3.37. The van der Waals surface area contributed by atoms with Gasteiger partial charge >= 0.3 is 0 Å². The summed E-state index contributed by atoms with van der Waals surface area (Å²) in [4.78, 5) is 11.9. The Balaban J connectivity index is 2.11. The molecule has 2 saturated heterocycles. The minimum absolute atomic E-state index is 0.115. The standard InChI is InChI=1S/C15H27O3P/c1-13(2)7-11(16)8-14(3,4)19(13)10-12-9-17-15(5,6)18-12/h12H,7-10H2,1-6H3. The average molecular weight is 286 g/mol. The fourth-order valence-corrected chi connectivity index (χ4v) is 7.54. The number of rotatable bonds is 2. The lowest BCUT2D eigenvalue weighted by Crippen LogP contribution is -2.42. The van der Waals surface area contributed by atoms with Gasteiger partial charge in [0.15, 0.2) is 5.79 Å². The van der Waals surface area contributed by atoms with Crippen LogP contribution in [0.1, 0.15) is 54.4 Å². The maximum Gasteiger partial charge on any atom is 0.163 e. The first-order chi connectivity index (χ1) is 8.52. The zero-order valence-corrected chi connectivity index (χ0v) is 14.0. The van der Waals surface area contributed by atoms with Crippen molar-refractivity contribution >= 4 is 13.7 Å². The molecule has 0 amide bonds. The molecule has 1 unspecified atom stereocenters. The molecule has 19 heavy (non-hydrogen) atoms. The summed E-state index contributed by atoms with van der Waals surface area (Å²) in [6.45, 7) is 13.6. The van der Waals surface area contributed by atoms with Gasteiger partial charge in [0.25, 0.3) is 0 Å². The van der Waals surface area contributed by atoms with Crippen LogP contribution in [0.4, 0.5) is 0 Å². The zero-order valence-electron chi connectivity index (χ0n) is 13.1. The van der Waals surface area contributed by atoms with Gasteiger partial charge in [-0.15, -0.1) is 0 Å². The molecule has 0 aromatic carbocycles. The van der Waals surface area contributed by atoms with Crippen LogP contribution >= 0.6 is 7.92 Å². The number of carbonyl (C=O) groups excluding carboxylic acids is 1. The van der Waals surface area contributed by atoms with E-state index in [1.165, 1.54) is 0 Å². The summed E-state index contributed by atoms with van der Waals surface area (Å²) < 4.78 is 11.6. The summed E-state index contributed by atoms with van der Waals surface area (Å²) in [5.41, 5.74) is 0. The first kappa shape index (κ1) is 15.4. The molecule has 0 aromatic heterocycles. The molecule has 2 fully saturated rings. The minimum Gasteiger partial charge on any atom is -0.348 e. The molecule has 1 atom stereocenters. The van der Waals surface area contributed by atoms with Crippen molar-refractivity contribution in [3.8, 4) is 0 Å². The van der Waals surface area contributed by atoms with E-state index < -0.39 is 5.79 Å². The van der Waals surface area contributed by atoms with Crippen LogP contribution in [0.2, 0.25) is 0 Å². The molecule has 2 aliphatic heterocycles. The van der Waals surface area contributed by atoms with Crippen LogP contribution < -0.4 is 0 Å². The number of hydrogen-bond donors (Lipinski definition) is 0. The maximum absolute atomic E-state index is 11.9. The number of carbonyl (C=O) groups is 1. The Kier molecular flexibility index (Phi) is 3.88. The molecule has 0 spiro atoms. The molecule has 4 heteroatoms.